The fourth-order valence-corrected chi connectivity index (χ4v) is 4.53. The number of aromatic carboxylic acids is 1. The quantitative estimate of drug-likeness (QED) is 0.350. The summed E-state index contributed by atoms with van der Waals surface area (Å²) in [7, 11) is 0. The second-order valence-corrected chi connectivity index (χ2v) is 8.43. The number of carboxylic acids is 1. The minimum Gasteiger partial charge on any atom is -0.478 e. The molecule has 0 bridgehead atoms. The van der Waals surface area contributed by atoms with Crippen LogP contribution in [0.5, 0.6) is 0 Å². The smallest absolute Gasteiger partial charge is 0.336 e. The molecule has 0 amide bonds. The van der Waals surface area contributed by atoms with Gasteiger partial charge in [0, 0.05) is 18.1 Å². The zero-order valence-electron chi connectivity index (χ0n) is 19.4. The first kappa shape index (κ1) is 22.3. The van der Waals surface area contributed by atoms with E-state index in [-0.39, 0.29) is 11.1 Å². The molecule has 0 radical (unpaired) electrons. The van der Waals surface area contributed by atoms with Crippen LogP contribution in [0, 0.1) is 6.92 Å². The number of benzene rings is 3. The summed E-state index contributed by atoms with van der Waals surface area (Å²) in [6.45, 7) is 3.94. The number of nitrogens with one attached hydrogen (secondary N) is 1. The first-order valence-corrected chi connectivity index (χ1v) is 11.5. The molecule has 5 aromatic rings. The molecule has 0 fully saturated rings. The van der Waals surface area contributed by atoms with E-state index in [2.05, 4.69) is 17.1 Å². The second kappa shape index (κ2) is 9.02. The van der Waals surface area contributed by atoms with E-state index < -0.39 is 5.97 Å². The summed E-state index contributed by atoms with van der Waals surface area (Å²) in [4.78, 5) is 28.7. The van der Waals surface area contributed by atoms with Crippen molar-refractivity contribution in [2.45, 2.75) is 26.7 Å². The third-order valence-corrected chi connectivity index (χ3v) is 6.15. The number of carboxylic acid groups (broad SMARTS) is 1. The van der Waals surface area contributed by atoms with Gasteiger partial charge in [0.25, 0.3) is 5.56 Å². The summed E-state index contributed by atoms with van der Waals surface area (Å²) in [6, 6.07) is 22.3. The largest absolute Gasteiger partial charge is 0.478 e. The fourth-order valence-electron chi connectivity index (χ4n) is 4.53. The molecule has 0 aliphatic rings. The summed E-state index contributed by atoms with van der Waals surface area (Å²) in [5.41, 5.74) is 6.12. The number of aromatic nitrogens is 4. The first-order chi connectivity index (χ1) is 17.0. The van der Waals surface area contributed by atoms with E-state index in [1.807, 2.05) is 72.2 Å². The SMILES string of the molecule is CCCc1nc2ccc(-c3ccc(=O)[nH]n3)cc2n1-c1ccc(-c2ccccc2)c(C(=O)O)c1C. The third kappa shape index (κ3) is 4.01. The summed E-state index contributed by atoms with van der Waals surface area (Å²) in [5, 5.41) is 16.8. The molecule has 2 N–H and O–H groups in total. The predicted octanol–water partition coefficient (Wildman–Crippen LogP) is 5.40. The Bertz CT molecular complexity index is 1600. The van der Waals surface area contributed by atoms with Crippen molar-refractivity contribution >= 4 is 17.0 Å². The molecule has 0 spiro atoms. The summed E-state index contributed by atoms with van der Waals surface area (Å²) >= 11 is 0. The Hall–Kier alpha value is -4.52. The number of imidazole rings is 1. The number of hydrogen-bond donors (Lipinski definition) is 2. The number of aryl methyl sites for hydroxylation is 1. The Morgan fingerprint density at radius 3 is 2.49 bits per heavy atom. The molecule has 5 rings (SSSR count). The lowest BCUT2D eigenvalue weighted by Gasteiger charge is -2.17. The predicted molar refractivity (Wildman–Crippen MR) is 136 cm³/mol. The lowest BCUT2D eigenvalue weighted by atomic mass is 9.94. The van der Waals surface area contributed by atoms with Crippen molar-refractivity contribution in [2.75, 3.05) is 0 Å². The van der Waals surface area contributed by atoms with Crippen LogP contribution in [-0.4, -0.2) is 30.8 Å². The van der Waals surface area contributed by atoms with Gasteiger partial charge in [0.1, 0.15) is 5.82 Å². The molecule has 0 unspecified atom stereocenters. The van der Waals surface area contributed by atoms with E-state index in [1.165, 1.54) is 6.07 Å². The van der Waals surface area contributed by atoms with Gasteiger partial charge in [-0.15, -0.1) is 0 Å². The van der Waals surface area contributed by atoms with E-state index >= 15 is 0 Å². The van der Waals surface area contributed by atoms with E-state index in [1.54, 1.807) is 6.07 Å². The van der Waals surface area contributed by atoms with Gasteiger partial charge < -0.3 is 5.11 Å². The van der Waals surface area contributed by atoms with Crippen molar-refractivity contribution in [3.63, 3.8) is 0 Å². The molecule has 7 nitrogen and oxygen atoms in total. The lowest BCUT2D eigenvalue weighted by molar-refractivity contribution is 0.0697. The number of aromatic amines is 1. The maximum absolute atomic E-state index is 12.4. The third-order valence-electron chi connectivity index (χ3n) is 6.15. The highest BCUT2D eigenvalue weighted by atomic mass is 16.4. The van der Waals surface area contributed by atoms with Crippen molar-refractivity contribution in [2.24, 2.45) is 0 Å². The molecular weight excluding hydrogens is 440 g/mol. The lowest BCUT2D eigenvalue weighted by Crippen LogP contribution is -2.09. The zero-order valence-corrected chi connectivity index (χ0v) is 19.4. The van der Waals surface area contributed by atoms with E-state index in [4.69, 9.17) is 4.98 Å². The molecule has 2 aromatic heterocycles. The molecule has 2 heterocycles. The van der Waals surface area contributed by atoms with Crippen LogP contribution < -0.4 is 5.56 Å². The minimum atomic E-state index is -0.970. The van der Waals surface area contributed by atoms with Gasteiger partial charge in [0.15, 0.2) is 0 Å². The van der Waals surface area contributed by atoms with Gasteiger partial charge in [0.05, 0.1) is 28.0 Å². The van der Waals surface area contributed by atoms with Crippen LogP contribution in [0.1, 0.15) is 35.1 Å². The van der Waals surface area contributed by atoms with Crippen LogP contribution >= 0.6 is 0 Å². The van der Waals surface area contributed by atoms with Crippen molar-refractivity contribution in [3.05, 3.63) is 100 Å². The highest BCUT2D eigenvalue weighted by Crippen LogP contribution is 2.33. The Labute approximate surface area is 201 Å². The standard InChI is InChI=1S/C28H24N4O3/c1-3-7-25-29-22-12-10-19(21-13-15-26(33)31-30-21)16-24(22)32(25)23-14-11-20(18-8-5-4-6-9-18)27(17(23)2)28(34)35/h4-6,8-16H,3,7H2,1-2H3,(H,31,33)(H,34,35). The van der Waals surface area contributed by atoms with Crippen LogP contribution in [0.15, 0.2) is 77.6 Å². The zero-order chi connectivity index (χ0) is 24.5. The Balaban J connectivity index is 1.76. The van der Waals surface area contributed by atoms with Crippen LogP contribution in [-0.2, 0) is 6.42 Å². The van der Waals surface area contributed by atoms with Crippen LogP contribution in [0.25, 0.3) is 39.1 Å². The highest BCUT2D eigenvalue weighted by Gasteiger charge is 2.21. The molecule has 0 saturated heterocycles. The number of carbonyl (C=O) groups is 1. The molecule has 0 aliphatic heterocycles. The average molecular weight is 465 g/mol. The van der Waals surface area contributed by atoms with Gasteiger partial charge in [-0.25, -0.2) is 14.9 Å². The molecule has 0 aliphatic carbocycles. The Kier molecular flexibility index (Phi) is 5.74. The van der Waals surface area contributed by atoms with E-state index in [9.17, 15) is 14.7 Å². The first-order valence-electron chi connectivity index (χ1n) is 11.5. The number of H-pyrrole nitrogens is 1. The van der Waals surface area contributed by atoms with Gasteiger partial charge in [-0.3, -0.25) is 9.36 Å². The van der Waals surface area contributed by atoms with Gasteiger partial charge in [-0.05, 0) is 54.3 Å². The van der Waals surface area contributed by atoms with Crippen LogP contribution in [0.4, 0.5) is 0 Å². The highest BCUT2D eigenvalue weighted by molar-refractivity contribution is 5.99. The monoisotopic (exact) mass is 464 g/mol. The summed E-state index contributed by atoms with van der Waals surface area (Å²) < 4.78 is 2.05. The summed E-state index contributed by atoms with van der Waals surface area (Å²) in [5.74, 6) is -0.108. The van der Waals surface area contributed by atoms with E-state index in [0.717, 1.165) is 46.5 Å². The molecular formula is C28H24N4O3. The maximum Gasteiger partial charge on any atom is 0.336 e. The molecule has 3 aromatic carbocycles. The van der Waals surface area contributed by atoms with Gasteiger partial charge >= 0.3 is 5.97 Å². The number of fused-ring (bicyclic) bond motifs is 1. The van der Waals surface area contributed by atoms with E-state index in [0.29, 0.717) is 16.8 Å². The topological polar surface area (TPSA) is 101 Å². The number of nitrogens with zero attached hydrogens (tertiary/aromatic N) is 3. The number of hydrogen-bond acceptors (Lipinski definition) is 4. The molecule has 0 saturated carbocycles. The summed E-state index contributed by atoms with van der Waals surface area (Å²) in [6.07, 6.45) is 1.63. The molecule has 0 atom stereocenters. The Morgan fingerprint density at radius 2 is 1.80 bits per heavy atom. The molecule has 174 valence electrons. The van der Waals surface area contributed by atoms with Gasteiger partial charge in [-0.1, -0.05) is 49.4 Å². The number of rotatable bonds is 6. The average Bonchev–Trinajstić information content (AvgIpc) is 3.22. The van der Waals surface area contributed by atoms with Crippen molar-refractivity contribution < 1.29 is 9.90 Å². The molecule has 35 heavy (non-hydrogen) atoms. The normalized spacial score (nSPS) is 11.1. The van der Waals surface area contributed by atoms with Crippen molar-refractivity contribution in [3.8, 4) is 28.1 Å². The minimum absolute atomic E-state index is 0.263. The fraction of sp³-hybridized carbons (Fsp3) is 0.143. The maximum atomic E-state index is 12.4. The molecule has 7 heteroatoms. The van der Waals surface area contributed by atoms with Gasteiger partial charge in [-0.2, -0.15) is 5.10 Å². The Morgan fingerprint density at radius 1 is 1.00 bits per heavy atom. The second-order valence-electron chi connectivity index (χ2n) is 8.43. The van der Waals surface area contributed by atoms with Crippen molar-refractivity contribution in [1.82, 2.24) is 19.7 Å². The van der Waals surface area contributed by atoms with Crippen molar-refractivity contribution in [1.29, 1.82) is 0 Å². The van der Waals surface area contributed by atoms with Crippen LogP contribution in [0.3, 0.4) is 0 Å². The van der Waals surface area contributed by atoms with Crippen LogP contribution in [0.2, 0.25) is 0 Å². The van der Waals surface area contributed by atoms with Gasteiger partial charge in [0.2, 0.25) is 0 Å².